The van der Waals surface area contributed by atoms with Gasteiger partial charge in [0.05, 0.1) is 0 Å². The molecular weight excluding hydrogens is 226 g/mol. The predicted molar refractivity (Wildman–Crippen MR) is 77.9 cm³/mol. The maximum absolute atomic E-state index is 12.0. The van der Waals surface area contributed by atoms with E-state index in [0.29, 0.717) is 0 Å². The van der Waals surface area contributed by atoms with Gasteiger partial charge in [-0.3, -0.25) is 0 Å². The van der Waals surface area contributed by atoms with Crippen LogP contribution in [0.1, 0.15) is 48.0 Å². The highest BCUT2D eigenvalue weighted by Gasteiger charge is 2.18. The highest BCUT2D eigenvalue weighted by molar-refractivity contribution is 5.74. The van der Waals surface area contributed by atoms with Gasteiger partial charge in [-0.2, -0.15) is 0 Å². The molecule has 0 unspecified atom stereocenters. The Balaban J connectivity index is 4.07. The van der Waals surface area contributed by atoms with Crippen molar-refractivity contribution in [3.05, 3.63) is 0 Å². The van der Waals surface area contributed by atoms with Crippen LogP contribution in [0.4, 0.5) is 4.79 Å². The van der Waals surface area contributed by atoms with E-state index in [-0.39, 0.29) is 11.6 Å². The van der Waals surface area contributed by atoms with Gasteiger partial charge in [0.2, 0.25) is 0 Å². The maximum atomic E-state index is 12.0. The number of carbonyl (C=O) groups is 1. The third-order valence-corrected chi connectivity index (χ3v) is 2.95. The molecule has 4 nitrogen and oxygen atoms in total. The first-order valence-corrected chi connectivity index (χ1v) is 7.13. The number of hydrogen-bond acceptors (Lipinski definition) is 2. The number of nitrogens with zero attached hydrogens (tertiary/aromatic N) is 2. The van der Waals surface area contributed by atoms with Crippen LogP contribution >= 0.6 is 0 Å². The summed E-state index contributed by atoms with van der Waals surface area (Å²) in [5.74, 6) is 0. The van der Waals surface area contributed by atoms with Gasteiger partial charge in [0.25, 0.3) is 0 Å². The summed E-state index contributed by atoms with van der Waals surface area (Å²) in [6, 6.07) is 0.0459. The molecule has 2 amide bonds. The molecule has 0 saturated carbocycles. The average molecular weight is 257 g/mol. The number of urea groups is 1. The summed E-state index contributed by atoms with van der Waals surface area (Å²) in [6.45, 7) is 17.2. The molecule has 0 aliphatic rings. The molecule has 0 spiro atoms. The zero-order valence-electron chi connectivity index (χ0n) is 13.0. The van der Waals surface area contributed by atoms with E-state index in [1.807, 2.05) is 32.6 Å². The molecule has 0 aromatic heterocycles. The molecule has 0 aromatic carbocycles. The normalized spacial score (nSPS) is 11.7. The maximum Gasteiger partial charge on any atom is 0.317 e. The molecule has 108 valence electrons. The monoisotopic (exact) mass is 257 g/mol. The lowest BCUT2D eigenvalue weighted by Crippen LogP contribution is -2.49. The zero-order valence-corrected chi connectivity index (χ0v) is 13.0. The Morgan fingerprint density at radius 3 is 1.94 bits per heavy atom. The molecule has 4 heteroatoms. The summed E-state index contributed by atoms with van der Waals surface area (Å²) in [6.07, 6.45) is 1.03. The van der Waals surface area contributed by atoms with Crippen LogP contribution in [0, 0.1) is 0 Å². The van der Waals surface area contributed by atoms with E-state index in [9.17, 15) is 4.79 Å². The van der Waals surface area contributed by atoms with Crippen LogP contribution < -0.4 is 5.32 Å². The van der Waals surface area contributed by atoms with Crippen molar-refractivity contribution in [3.63, 3.8) is 0 Å². The van der Waals surface area contributed by atoms with Gasteiger partial charge < -0.3 is 15.1 Å². The van der Waals surface area contributed by atoms with Gasteiger partial charge in [0.1, 0.15) is 0 Å². The van der Waals surface area contributed by atoms with Crippen molar-refractivity contribution < 1.29 is 4.79 Å². The molecule has 18 heavy (non-hydrogen) atoms. The van der Waals surface area contributed by atoms with Crippen LogP contribution in [0.15, 0.2) is 0 Å². The fourth-order valence-electron chi connectivity index (χ4n) is 1.83. The minimum Gasteiger partial charge on any atom is -0.333 e. The Morgan fingerprint density at radius 1 is 1.00 bits per heavy atom. The Hall–Kier alpha value is -0.770. The molecule has 0 aliphatic carbocycles. The number of amides is 2. The number of rotatable bonds is 7. The number of carbonyl (C=O) groups excluding carboxylic acids is 1. The Morgan fingerprint density at radius 2 is 1.56 bits per heavy atom. The fourth-order valence-corrected chi connectivity index (χ4v) is 1.83. The first kappa shape index (κ1) is 17.2. The third-order valence-electron chi connectivity index (χ3n) is 2.95. The van der Waals surface area contributed by atoms with Gasteiger partial charge in [0, 0.05) is 18.6 Å². The lowest BCUT2D eigenvalue weighted by atomic mass is 10.1. The van der Waals surface area contributed by atoms with Crippen LogP contribution in [0.25, 0.3) is 0 Å². The van der Waals surface area contributed by atoms with Crippen LogP contribution in [-0.4, -0.2) is 54.1 Å². The largest absolute Gasteiger partial charge is 0.333 e. The van der Waals surface area contributed by atoms with E-state index in [0.717, 1.165) is 39.1 Å². The van der Waals surface area contributed by atoms with Gasteiger partial charge in [-0.25, -0.2) is 4.79 Å². The van der Waals surface area contributed by atoms with E-state index in [1.165, 1.54) is 0 Å². The lowest BCUT2D eigenvalue weighted by Gasteiger charge is -2.28. The van der Waals surface area contributed by atoms with Crippen molar-refractivity contribution in [1.29, 1.82) is 0 Å². The highest BCUT2D eigenvalue weighted by Crippen LogP contribution is 2.02. The molecule has 0 aromatic rings. The highest BCUT2D eigenvalue weighted by atomic mass is 16.2. The van der Waals surface area contributed by atoms with Gasteiger partial charge in [-0.15, -0.1) is 0 Å². The molecule has 0 atom stereocenters. The van der Waals surface area contributed by atoms with Crippen molar-refractivity contribution in [2.45, 2.75) is 53.5 Å². The van der Waals surface area contributed by atoms with Gasteiger partial charge >= 0.3 is 6.03 Å². The smallest absolute Gasteiger partial charge is 0.317 e. The number of hydrogen-bond donors (Lipinski definition) is 1. The van der Waals surface area contributed by atoms with Crippen LogP contribution in [0.2, 0.25) is 0 Å². The van der Waals surface area contributed by atoms with Crippen LogP contribution in [0.5, 0.6) is 0 Å². The predicted octanol–water partition coefficient (Wildman–Crippen LogP) is 2.55. The topological polar surface area (TPSA) is 35.6 Å². The van der Waals surface area contributed by atoms with E-state index < -0.39 is 0 Å². The second kappa shape index (κ2) is 8.35. The fraction of sp³-hybridized carbons (Fsp3) is 0.929. The standard InChI is InChI=1S/C14H31N3O/c1-7-16(8-2)11-10-12-17(9-3)13(18)15-14(4,5)6/h7-12H2,1-6H3,(H,15,18). The summed E-state index contributed by atoms with van der Waals surface area (Å²) in [4.78, 5) is 16.3. The van der Waals surface area contributed by atoms with Crippen molar-refractivity contribution in [2.75, 3.05) is 32.7 Å². The minimum atomic E-state index is -0.163. The molecule has 1 N–H and O–H groups in total. The first-order valence-electron chi connectivity index (χ1n) is 7.13. The van der Waals surface area contributed by atoms with Crippen LogP contribution in [-0.2, 0) is 0 Å². The molecule has 0 fully saturated rings. The summed E-state index contributed by atoms with van der Waals surface area (Å²) in [5, 5.41) is 3.01. The quantitative estimate of drug-likeness (QED) is 0.761. The van der Waals surface area contributed by atoms with Crippen molar-refractivity contribution in [1.82, 2.24) is 15.1 Å². The zero-order chi connectivity index (χ0) is 14.2. The first-order chi connectivity index (χ1) is 8.34. The van der Waals surface area contributed by atoms with E-state index in [2.05, 4.69) is 24.1 Å². The van der Waals surface area contributed by atoms with E-state index in [4.69, 9.17) is 0 Å². The second-order valence-electron chi connectivity index (χ2n) is 5.64. The molecular formula is C14H31N3O. The summed E-state index contributed by atoms with van der Waals surface area (Å²) >= 11 is 0. The molecule has 0 radical (unpaired) electrons. The van der Waals surface area contributed by atoms with Crippen molar-refractivity contribution >= 4 is 6.03 Å². The van der Waals surface area contributed by atoms with Gasteiger partial charge in [0.15, 0.2) is 0 Å². The Kier molecular flexibility index (Phi) is 8.00. The average Bonchev–Trinajstić information content (AvgIpc) is 2.27. The van der Waals surface area contributed by atoms with E-state index >= 15 is 0 Å². The second-order valence-corrected chi connectivity index (χ2v) is 5.64. The van der Waals surface area contributed by atoms with Crippen molar-refractivity contribution in [2.24, 2.45) is 0 Å². The SMILES string of the molecule is CCN(CC)CCCN(CC)C(=O)NC(C)(C)C. The van der Waals surface area contributed by atoms with Crippen LogP contribution in [0.3, 0.4) is 0 Å². The van der Waals surface area contributed by atoms with Gasteiger partial charge in [-0.05, 0) is 53.8 Å². The number of nitrogens with one attached hydrogen (secondary N) is 1. The summed E-state index contributed by atoms with van der Waals surface area (Å²) in [7, 11) is 0. The lowest BCUT2D eigenvalue weighted by molar-refractivity contribution is 0.186. The molecule has 0 rings (SSSR count). The van der Waals surface area contributed by atoms with Crippen molar-refractivity contribution in [3.8, 4) is 0 Å². The molecule has 0 saturated heterocycles. The summed E-state index contributed by atoms with van der Waals surface area (Å²) in [5.41, 5.74) is -0.163. The minimum absolute atomic E-state index is 0.0459. The molecule has 0 heterocycles. The van der Waals surface area contributed by atoms with Gasteiger partial charge in [-0.1, -0.05) is 13.8 Å². The van der Waals surface area contributed by atoms with E-state index in [1.54, 1.807) is 0 Å². The Labute approximate surface area is 113 Å². The molecule has 0 bridgehead atoms. The molecule has 0 aliphatic heterocycles. The third kappa shape index (κ3) is 7.54. The summed E-state index contributed by atoms with van der Waals surface area (Å²) < 4.78 is 0. The Bertz CT molecular complexity index is 232.